The lowest BCUT2D eigenvalue weighted by Crippen LogP contribution is -2.33. The number of rotatable bonds is 7. The summed E-state index contributed by atoms with van der Waals surface area (Å²) in [5.41, 5.74) is -1.24. The molecule has 22 heavy (non-hydrogen) atoms. The molecule has 0 aromatic carbocycles. The van der Waals surface area contributed by atoms with Gasteiger partial charge in [-0.05, 0) is 6.92 Å². The highest BCUT2D eigenvalue weighted by Gasteiger charge is 2.35. The molecule has 1 aliphatic heterocycles. The van der Waals surface area contributed by atoms with Gasteiger partial charge in [0.15, 0.2) is 0 Å². The van der Waals surface area contributed by atoms with E-state index in [1.54, 1.807) is 6.92 Å². The van der Waals surface area contributed by atoms with E-state index in [1.165, 1.54) is 10.8 Å². The van der Waals surface area contributed by atoms with Crippen LogP contribution in [0.4, 0.5) is 0 Å². The van der Waals surface area contributed by atoms with Crippen LogP contribution in [-0.4, -0.2) is 58.4 Å². The van der Waals surface area contributed by atoms with Gasteiger partial charge >= 0.3 is 5.69 Å². The molecule has 1 saturated heterocycles. The van der Waals surface area contributed by atoms with Crippen molar-refractivity contribution in [2.24, 2.45) is 0 Å². The standard InChI is InChI=1S/C13H20N2O7/c1-2-21-9-6-15(13(19)14-12(9)18)11-5-8(17)10(22-11)7-20-4-3-16/h6,8,10-11,16-17H,2-5,7H2,1H3,(H,14,18,19)/t8-,10+,11+/m0/s1. The van der Waals surface area contributed by atoms with E-state index in [1.807, 2.05) is 0 Å². The smallest absolute Gasteiger partial charge is 0.330 e. The van der Waals surface area contributed by atoms with Crippen molar-refractivity contribution >= 4 is 0 Å². The Kier molecular flexibility index (Phi) is 5.72. The number of H-pyrrole nitrogens is 1. The molecular weight excluding hydrogens is 296 g/mol. The lowest BCUT2D eigenvalue weighted by Gasteiger charge is -2.16. The summed E-state index contributed by atoms with van der Waals surface area (Å²) in [5, 5.41) is 18.6. The Morgan fingerprint density at radius 1 is 1.50 bits per heavy atom. The molecule has 0 saturated carbocycles. The molecule has 0 spiro atoms. The molecule has 2 heterocycles. The Bertz CT molecular complexity index is 597. The lowest BCUT2D eigenvalue weighted by molar-refractivity contribution is -0.0670. The fraction of sp³-hybridized carbons (Fsp3) is 0.692. The molecule has 1 aliphatic rings. The number of aliphatic hydroxyl groups excluding tert-OH is 2. The second-order valence-electron chi connectivity index (χ2n) is 4.82. The van der Waals surface area contributed by atoms with Crippen LogP contribution in [0.15, 0.2) is 15.8 Å². The Labute approximate surface area is 126 Å². The van der Waals surface area contributed by atoms with Crippen molar-refractivity contribution in [3.8, 4) is 5.75 Å². The van der Waals surface area contributed by atoms with E-state index in [-0.39, 0.29) is 38.6 Å². The Balaban J connectivity index is 2.13. The first-order chi connectivity index (χ1) is 10.6. The van der Waals surface area contributed by atoms with Gasteiger partial charge < -0.3 is 24.4 Å². The number of aliphatic hydroxyl groups is 2. The van der Waals surface area contributed by atoms with Crippen LogP contribution in [0.1, 0.15) is 19.6 Å². The summed E-state index contributed by atoms with van der Waals surface area (Å²) in [6, 6.07) is 0. The largest absolute Gasteiger partial charge is 0.487 e. The predicted molar refractivity (Wildman–Crippen MR) is 74.9 cm³/mol. The van der Waals surface area contributed by atoms with Crippen LogP contribution in [0, 0.1) is 0 Å². The van der Waals surface area contributed by atoms with E-state index in [4.69, 9.17) is 19.3 Å². The molecule has 0 bridgehead atoms. The van der Waals surface area contributed by atoms with Gasteiger partial charge in [0.25, 0.3) is 5.56 Å². The van der Waals surface area contributed by atoms with Gasteiger partial charge in [-0.1, -0.05) is 0 Å². The van der Waals surface area contributed by atoms with Crippen molar-refractivity contribution in [1.82, 2.24) is 9.55 Å². The van der Waals surface area contributed by atoms with Crippen molar-refractivity contribution in [1.29, 1.82) is 0 Å². The fourth-order valence-corrected chi connectivity index (χ4v) is 2.24. The van der Waals surface area contributed by atoms with Crippen molar-refractivity contribution < 1.29 is 24.4 Å². The maximum absolute atomic E-state index is 11.9. The first-order valence-electron chi connectivity index (χ1n) is 7.07. The summed E-state index contributed by atoms with van der Waals surface area (Å²) in [6.07, 6.45) is -0.672. The molecule has 124 valence electrons. The molecule has 1 aromatic rings. The molecule has 1 fully saturated rings. The van der Waals surface area contributed by atoms with Crippen LogP contribution in [-0.2, 0) is 9.47 Å². The van der Waals surface area contributed by atoms with Crippen LogP contribution < -0.4 is 16.0 Å². The molecule has 3 atom stereocenters. The summed E-state index contributed by atoms with van der Waals surface area (Å²) in [5.74, 6) is 0.0140. The minimum Gasteiger partial charge on any atom is -0.487 e. The number of hydrogen-bond donors (Lipinski definition) is 3. The summed E-state index contributed by atoms with van der Waals surface area (Å²) in [7, 11) is 0. The molecule has 9 nitrogen and oxygen atoms in total. The summed E-state index contributed by atoms with van der Waals surface area (Å²) in [6.45, 7) is 2.13. The lowest BCUT2D eigenvalue weighted by atomic mass is 10.2. The van der Waals surface area contributed by atoms with E-state index < -0.39 is 29.7 Å². The number of ether oxygens (including phenoxy) is 3. The molecule has 0 unspecified atom stereocenters. The molecule has 3 N–H and O–H groups in total. The highest BCUT2D eigenvalue weighted by molar-refractivity contribution is 5.12. The zero-order chi connectivity index (χ0) is 16.1. The average Bonchev–Trinajstić information content (AvgIpc) is 2.83. The zero-order valence-electron chi connectivity index (χ0n) is 12.2. The molecule has 2 rings (SSSR count). The highest BCUT2D eigenvalue weighted by atomic mass is 16.6. The van der Waals surface area contributed by atoms with Crippen LogP contribution in [0.5, 0.6) is 5.75 Å². The minimum absolute atomic E-state index is 0.0140. The van der Waals surface area contributed by atoms with Crippen molar-refractivity contribution in [3.63, 3.8) is 0 Å². The van der Waals surface area contributed by atoms with Crippen LogP contribution in [0.3, 0.4) is 0 Å². The highest BCUT2D eigenvalue weighted by Crippen LogP contribution is 2.28. The zero-order valence-corrected chi connectivity index (χ0v) is 12.2. The monoisotopic (exact) mass is 316 g/mol. The third-order valence-electron chi connectivity index (χ3n) is 3.27. The van der Waals surface area contributed by atoms with Gasteiger partial charge in [-0.3, -0.25) is 14.3 Å². The number of nitrogens with zero attached hydrogens (tertiary/aromatic N) is 1. The number of nitrogens with one attached hydrogen (secondary N) is 1. The van der Waals surface area contributed by atoms with Gasteiger partial charge in [0.05, 0.1) is 38.7 Å². The Morgan fingerprint density at radius 2 is 2.27 bits per heavy atom. The number of hydrogen-bond acceptors (Lipinski definition) is 7. The molecule has 0 aliphatic carbocycles. The topological polar surface area (TPSA) is 123 Å². The van der Waals surface area contributed by atoms with E-state index >= 15 is 0 Å². The van der Waals surface area contributed by atoms with E-state index in [2.05, 4.69) is 4.98 Å². The van der Waals surface area contributed by atoms with Crippen LogP contribution in [0.25, 0.3) is 0 Å². The third-order valence-corrected chi connectivity index (χ3v) is 3.27. The second kappa shape index (κ2) is 7.54. The van der Waals surface area contributed by atoms with Gasteiger partial charge in [0.1, 0.15) is 12.3 Å². The Morgan fingerprint density at radius 3 is 2.95 bits per heavy atom. The molecule has 0 radical (unpaired) electrons. The SMILES string of the molecule is CCOc1cn([C@H]2C[C@H](O)[C@@H](COCCO)O2)c(=O)[nH]c1=O. The summed E-state index contributed by atoms with van der Waals surface area (Å²) < 4.78 is 17.1. The predicted octanol–water partition coefficient (Wildman–Crippen LogP) is -1.41. The minimum atomic E-state index is -0.807. The van der Waals surface area contributed by atoms with E-state index in [9.17, 15) is 14.7 Å². The quantitative estimate of drug-likeness (QED) is 0.528. The normalized spacial score (nSPS) is 24.6. The first kappa shape index (κ1) is 16.7. The molecule has 0 amide bonds. The van der Waals surface area contributed by atoms with Gasteiger partial charge in [0, 0.05) is 6.42 Å². The van der Waals surface area contributed by atoms with Crippen molar-refractivity contribution in [2.75, 3.05) is 26.4 Å². The number of aromatic nitrogens is 2. The van der Waals surface area contributed by atoms with Crippen LogP contribution in [0.2, 0.25) is 0 Å². The fourth-order valence-electron chi connectivity index (χ4n) is 2.24. The summed E-state index contributed by atoms with van der Waals surface area (Å²) in [4.78, 5) is 25.6. The second-order valence-corrected chi connectivity index (χ2v) is 4.82. The maximum atomic E-state index is 11.9. The van der Waals surface area contributed by atoms with Gasteiger partial charge in [-0.25, -0.2) is 4.79 Å². The van der Waals surface area contributed by atoms with E-state index in [0.717, 1.165) is 0 Å². The van der Waals surface area contributed by atoms with Crippen LogP contribution >= 0.6 is 0 Å². The maximum Gasteiger partial charge on any atom is 0.330 e. The van der Waals surface area contributed by atoms with Gasteiger partial charge in [-0.2, -0.15) is 0 Å². The van der Waals surface area contributed by atoms with Crippen molar-refractivity contribution in [3.05, 3.63) is 27.0 Å². The Hall–Kier alpha value is -1.68. The van der Waals surface area contributed by atoms with Gasteiger partial charge in [-0.15, -0.1) is 0 Å². The summed E-state index contributed by atoms with van der Waals surface area (Å²) >= 11 is 0. The van der Waals surface area contributed by atoms with E-state index in [0.29, 0.717) is 0 Å². The van der Waals surface area contributed by atoms with Crippen molar-refractivity contribution in [2.45, 2.75) is 31.8 Å². The number of aromatic amines is 1. The third kappa shape index (κ3) is 3.74. The average molecular weight is 316 g/mol. The molecule has 1 aromatic heterocycles. The molecular formula is C13H20N2O7. The molecule has 9 heteroatoms. The van der Waals surface area contributed by atoms with Gasteiger partial charge in [0.2, 0.25) is 5.75 Å². The first-order valence-corrected chi connectivity index (χ1v) is 7.07.